The number of amides is 3. The summed E-state index contributed by atoms with van der Waals surface area (Å²) >= 11 is 6.66. The normalized spacial score (nSPS) is 26.9. The second kappa shape index (κ2) is 12.9. The van der Waals surface area contributed by atoms with Crippen molar-refractivity contribution in [2.24, 2.45) is 11.8 Å². The Hall–Kier alpha value is -3.46. The van der Waals surface area contributed by atoms with Crippen molar-refractivity contribution in [1.29, 1.82) is 0 Å². The molecule has 234 valence electrons. The lowest BCUT2D eigenvalue weighted by atomic mass is 9.66. The number of aliphatic hydroxyl groups excluding tert-OH is 1. The molecule has 2 aromatic carbocycles. The number of ether oxygens (including phenoxy) is 1. The van der Waals surface area contributed by atoms with Crippen molar-refractivity contribution in [3.63, 3.8) is 0 Å². The molecule has 3 aliphatic rings. The van der Waals surface area contributed by atoms with E-state index in [1.807, 2.05) is 56.3 Å². The van der Waals surface area contributed by atoms with Crippen molar-refractivity contribution in [3.8, 4) is 0 Å². The summed E-state index contributed by atoms with van der Waals surface area (Å²) in [6, 6.07) is 14.2. The van der Waals surface area contributed by atoms with Gasteiger partial charge in [0.2, 0.25) is 11.8 Å². The maximum absolute atomic E-state index is 14.8. The zero-order chi connectivity index (χ0) is 31.6. The Kier molecular flexibility index (Phi) is 9.35. The first-order valence-corrected chi connectivity index (χ1v) is 15.7. The largest absolute Gasteiger partial charge is 0.396 e. The minimum atomic E-state index is -1.18. The van der Waals surface area contributed by atoms with E-state index >= 15 is 0 Å². The van der Waals surface area contributed by atoms with Crippen molar-refractivity contribution < 1.29 is 24.2 Å². The predicted octanol–water partition coefficient (Wildman–Crippen LogP) is 4.92. The number of unbranched alkanes of at least 4 members (excludes halogenated alkanes) is 1. The van der Waals surface area contributed by atoms with Crippen LogP contribution >= 0.6 is 11.6 Å². The minimum absolute atomic E-state index is 0.0255. The van der Waals surface area contributed by atoms with Gasteiger partial charge in [-0.2, -0.15) is 0 Å². The molecule has 3 heterocycles. The summed E-state index contributed by atoms with van der Waals surface area (Å²) in [5.74, 6) is -2.33. The number of halogens is 1. The quantitative estimate of drug-likeness (QED) is 0.254. The molecule has 3 saturated heterocycles. The number of hydrogen-bond donors (Lipinski definition) is 1. The first-order valence-electron chi connectivity index (χ1n) is 15.4. The molecule has 2 unspecified atom stereocenters. The molecule has 0 aliphatic carbocycles. The molecule has 3 fully saturated rings. The Balaban J connectivity index is 1.57. The Morgan fingerprint density at radius 3 is 2.45 bits per heavy atom. The van der Waals surface area contributed by atoms with Crippen LogP contribution in [0.15, 0.2) is 73.8 Å². The number of hydrogen-bond acceptors (Lipinski definition) is 5. The third-order valence-electron chi connectivity index (χ3n) is 9.50. The van der Waals surface area contributed by atoms with Gasteiger partial charge in [0.1, 0.15) is 11.6 Å². The number of likely N-dealkylation sites (tertiary alicyclic amines) is 1. The highest BCUT2D eigenvalue weighted by Gasteiger charge is 2.78. The predicted molar refractivity (Wildman–Crippen MR) is 171 cm³/mol. The van der Waals surface area contributed by atoms with Gasteiger partial charge in [0.15, 0.2) is 0 Å². The second-order valence-electron chi connectivity index (χ2n) is 12.3. The van der Waals surface area contributed by atoms with E-state index in [1.54, 1.807) is 32.9 Å². The van der Waals surface area contributed by atoms with Gasteiger partial charge in [-0.15, -0.1) is 13.2 Å². The van der Waals surface area contributed by atoms with Gasteiger partial charge < -0.3 is 24.5 Å². The fraction of sp³-hybridized carbons (Fsp3) is 0.457. The highest BCUT2D eigenvalue weighted by Crippen LogP contribution is 2.63. The first-order chi connectivity index (χ1) is 21.1. The topological polar surface area (TPSA) is 90.4 Å². The molecule has 0 saturated carbocycles. The lowest BCUT2D eigenvalue weighted by Gasteiger charge is -2.37. The van der Waals surface area contributed by atoms with Crippen molar-refractivity contribution in [1.82, 2.24) is 9.80 Å². The average Bonchev–Trinajstić information content (AvgIpc) is 3.57. The van der Waals surface area contributed by atoms with Crippen LogP contribution in [-0.2, 0) is 25.7 Å². The second-order valence-corrected chi connectivity index (χ2v) is 12.7. The summed E-state index contributed by atoms with van der Waals surface area (Å²) in [7, 11) is 0. The summed E-state index contributed by atoms with van der Waals surface area (Å²) in [5.41, 5.74) is 0.262. The molecule has 2 aromatic rings. The third-order valence-corrected chi connectivity index (χ3v) is 9.80. The van der Waals surface area contributed by atoms with Gasteiger partial charge in [0.05, 0.1) is 28.1 Å². The molecule has 1 spiro atoms. The third kappa shape index (κ3) is 5.37. The van der Waals surface area contributed by atoms with E-state index in [9.17, 15) is 19.5 Å². The number of rotatable bonds is 13. The van der Waals surface area contributed by atoms with Gasteiger partial charge in [-0.25, -0.2) is 0 Å². The highest BCUT2D eigenvalue weighted by molar-refractivity contribution is 6.34. The van der Waals surface area contributed by atoms with Crippen molar-refractivity contribution >= 4 is 35.0 Å². The van der Waals surface area contributed by atoms with E-state index in [0.29, 0.717) is 49.5 Å². The van der Waals surface area contributed by atoms with E-state index < -0.39 is 29.1 Å². The molecule has 8 nitrogen and oxygen atoms in total. The number of carbonyl (C=O) groups excluding carboxylic acids is 3. The first kappa shape index (κ1) is 31.9. The average molecular weight is 620 g/mol. The van der Waals surface area contributed by atoms with Crippen LogP contribution in [0.1, 0.15) is 43.7 Å². The Labute approximate surface area is 264 Å². The fourth-order valence-electron chi connectivity index (χ4n) is 7.64. The van der Waals surface area contributed by atoms with Gasteiger partial charge in [-0.1, -0.05) is 66.2 Å². The van der Waals surface area contributed by atoms with Crippen molar-refractivity contribution in [2.45, 2.75) is 63.3 Å². The molecule has 9 heteroatoms. The molecule has 0 aromatic heterocycles. The molecule has 3 aliphatic heterocycles. The maximum atomic E-state index is 14.8. The Bertz CT molecular complexity index is 1410. The number of carbonyl (C=O) groups is 3. The van der Waals surface area contributed by atoms with Gasteiger partial charge in [0.25, 0.3) is 5.91 Å². The number of anilines is 1. The monoisotopic (exact) mass is 619 g/mol. The van der Waals surface area contributed by atoms with Crippen LogP contribution in [0.25, 0.3) is 0 Å². The fourth-order valence-corrected chi connectivity index (χ4v) is 7.96. The number of fused-ring (bicyclic) bond motifs is 1. The molecule has 0 radical (unpaired) electrons. The van der Waals surface area contributed by atoms with Crippen LogP contribution in [0.2, 0.25) is 5.02 Å². The number of nitrogens with zero attached hydrogens (tertiary/aromatic N) is 3. The number of para-hydroxylation sites is 1. The highest BCUT2D eigenvalue weighted by atomic mass is 35.5. The van der Waals surface area contributed by atoms with E-state index in [2.05, 4.69) is 13.2 Å². The number of aliphatic hydroxyl groups is 1. The smallest absolute Gasteiger partial charge is 0.253 e. The summed E-state index contributed by atoms with van der Waals surface area (Å²) in [6.45, 7) is 12.7. The summed E-state index contributed by atoms with van der Waals surface area (Å²) < 4.78 is 6.86. The van der Waals surface area contributed by atoms with E-state index in [-0.39, 0.29) is 37.4 Å². The van der Waals surface area contributed by atoms with Crippen LogP contribution in [0.5, 0.6) is 0 Å². The maximum Gasteiger partial charge on any atom is 0.253 e. The van der Waals surface area contributed by atoms with Gasteiger partial charge in [-0.05, 0) is 56.7 Å². The molecule has 5 rings (SSSR count). The molecular formula is C35H42ClN3O5. The van der Waals surface area contributed by atoms with Crippen molar-refractivity contribution in [2.75, 3.05) is 31.1 Å². The van der Waals surface area contributed by atoms with Crippen LogP contribution in [0.3, 0.4) is 0 Å². The van der Waals surface area contributed by atoms with Gasteiger partial charge >= 0.3 is 0 Å². The van der Waals surface area contributed by atoms with E-state index in [4.69, 9.17) is 16.3 Å². The lowest BCUT2D eigenvalue weighted by molar-refractivity contribution is -0.150. The Morgan fingerprint density at radius 2 is 1.80 bits per heavy atom. The van der Waals surface area contributed by atoms with Crippen LogP contribution in [0.4, 0.5) is 5.69 Å². The molecule has 3 amide bonds. The summed E-state index contributed by atoms with van der Waals surface area (Å²) in [4.78, 5) is 48.7. The van der Waals surface area contributed by atoms with E-state index in [1.165, 1.54) is 0 Å². The summed E-state index contributed by atoms with van der Waals surface area (Å²) in [5, 5.41) is 9.93. The number of aryl methyl sites for hydroxylation is 1. The SMILES string of the molecule is C=CCN(Cc1ccccc1)C(=O)[C@H]1[C@H]2C(=O)N(CCCCO)C(C(=O)N(CC=C)c3c(C)cccc3Cl)C23CC[C@]1(C)O3. The molecule has 44 heavy (non-hydrogen) atoms. The zero-order valence-corrected chi connectivity index (χ0v) is 26.3. The van der Waals surface area contributed by atoms with Crippen molar-refractivity contribution in [3.05, 3.63) is 90.0 Å². The van der Waals surface area contributed by atoms with Gasteiger partial charge in [-0.3, -0.25) is 14.4 Å². The van der Waals surface area contributed by atoms with E-state index in [0.717, 1.165) is 11.1 Å². The minimum Gasteiger partial charge on any atom is -0.396 e. The molecule has 2 bridgehead atoms. The van der Waals surface area contributed by atoms with Crippen LogP contribution in [-0.4, -0.2) is 76.1 Å². The molecule has 1 N–H and O–H groups in total. The van der Waals surface area contributed by atoms with Gasteiger partial charge in [0, 0.05) is 32.8 Å². The molecular weight excluding hydrogens is 578 g/mol. The zero-order valence-electron chi connectivity index (χ0n) is 25.6. The number of benzene rings is 2. The summed E-state index contributed by atoms with van der Waals surface area (Å²) in [6.07, 6.45) is 5.33. The standard InChI is InChI=1S/C35H42ClN3O5/c1-5-19-37(23-25-14-8-7-9-15-25)31(41)27-28-32(42)39(21-10-11-22-40)30(35(28)18-17-34(27,4)44-35)33(43)38(20-6-2)29-24(3)13-12-16-26(29)36/h5-9,12-16,27-28,30,40H,1-2,10-11,17-23H2,3-4H3/t27-,28+,30?,34+,35?/m1/s1. The molecule has 5 atom stereocenters. The van der Waals surface area contributed by atoms with Crippen LogP contribution < -0.4 is 4.90 Å². The van der Waals surface area contributed by atoms with Crippen LogP contribution in [0, 0.1) is 18.8 Å². The lowest BCUT2D eigenvalue weighted by Crippen LogP contribution is -2.56. The Morgan fingerprint density at radius 1 is 1.07 bits per heavy atom.